The molecular formula is C13H15BrO3. The van der Waals surface area contributed by atoms with E-state index in [2.05, 4.69) is 15.9 Å². The van der Waals surface area contributed by atoms with Crippen molar-refractivity contribution in [2.45, 2.75) is 37.9 Å². The molecule has 1 fully saturated rings. The molecule has 1 aromatic carbocycles. The predicted octanol–water partition coefficient (Wildman–Crippen LogP) is 2.94. The predicted molar refractivity (Wildman–Crippen MR) is 68.4 cm³/mol. The molecule has 1 aliphatic carbocycles. The summed E-state index contributed by atoms with van der Waals surface area (Å²) in [5.74, 6) is 0.550. The van der Waals surface area contributed by atoms with Crippen LogP contribution in [0.2, 0.25) is 0 Å². The Balaban J connectivity index is 2.14. The highest BCUT2D eigenvalue weighted by atomic mass is 79.9. The van der Waals surface area contributed by atoms with Crippen LogP contribution in [-0.4, -0.2) is 23.6 Å². The van der Waals surface area contributed by atoms with Crippen LogP contribution in [0.1, 0.15) is 36.0 Å². The third kappa shape index (κ3) is 3.07. The Morgan fingerprint density at radius 1 is 1.35 bits per heavy atom. The molecule has 0 bridgehead atoms. The Bertz CT molecular complexity index is 406. The zero-order valence-corrected chi connectivity index (χ0v) is 11.0. The molecule has 1 saturated carbocycles. The Morgan fingerprint density at radius 2 is 2.12 bits per heavy atom. The summed E-state index contributed by atoms with van der Waals surface area (Å²) < 4.78 is 6.59. The fourth-order valence-corrected chi connectivity index (χ4v) is 2.48. The summed E-state index contributed by atoms with van der Waals surface area (Å²) in [6.07, 6.45) is 3.88. The third-order valence-electron chi connectivity index (χ3n) is 3.04. The number of hydrogen-bond acceptors (Lipinski definition) is 3. The molecule has 0 heterocycles. The van der Waals surface area contributed by atoms with Crippen LogP contribution in [0, 0.1) is 0 Å². The molecule has 0 aromatic heterocycles. The molecule has 2 unspecified atom stereocenters. The number of ether oxygens (including phenoxy) is 1. The fraction of sp³-hybridized carbons (Fsp3) is 0.462. The van der Waals surface area contributed by atoms with Gasteiger partial charge in [-0.1, -0.05) is 22.4 Å². The summed E-state index contributed by atoms with van der Waals surface area (Å²) in [6, 6.07) is 5.31. The first-order chi connectivity index (χ1) is 8.20. The van der Waals surface area contributed by atoms with Gasteiger partial charge in [0.1, 0.15) is 11.9 Å². The summed E-state index contributed by atoms with van der Waals surface area (Å²) in [5.41, 5.74) is 0.511. The summed E-state index contributed by atoms with van der Waals surface area (Å²) in [5, 5.41) is 9.83. The van der Waals surface area contributed by atoms with Crippen LogP contribution in [0.15, 0.2) is 22.7 Å². The lowest BCUT2D eigenvalue weighted by Gasteiger charge is -2.28. The van der Waals surface area contributed by atoms with E-state index < -0.39 is 6.10 Å². The van der Waals surface area contributed by atoms with Crippen molar-refractivity contribution >= 4 is 22.2 Å². The standard InChI is InChI=1S/C13H15BrO3/c14-10-5-6-12(9(7-10)8-15)17-13-4-2-1-3-11(13)16/h5-8,11,13,16H,1-4H2. The number of aldehydes is 1. The quantitative estimate of drug-likeness (QED) is 0.873. The highest BCUT2D eigenvalue weighted by molar-refractivity contribution is 9.10. The van der Waals surface area contributed by atoms with Gasteiger partial charge in [0.15, 0.2) is 6.29 Å². The van der Waals surface area contributed by atoms with E-state index in [0.717, 1.165) is 36.4 Å². The SMILES string of the molecule is O=Cc1cc(Br)ccc1OC1CCCCC1O. The third-order valence-corrected chi connectivity index (χ3v) is 3.54. The fourth-order valence-electron chi connectivity index (χ4n) is 2.10. The van der Waals surface area contributed by atoms with Gasteiger partial charge < -0.3 is 9.84 Å². The van der Waals surface area contributed by atoms with E-state index in [9.17, 15) is 9.90 Å². The summed E-state index contributed by atoms with van der Waals surface area (Å²) in [6.45, 7) is 0. The van der Waals surface area contributed by atoms with Crippen LogP contribution in [0.4, 0.5) is 0 Å². The molecule has 0 spiro atoms. The maximum atomic E-state index is 10.9. The largest absolute Gasteiger partial charge is 0.487 e. The van der Waals surface area contributed by atoms with Crippen LogP contribution in [0.3, 0.4) is 0 Å². The summed E-state index contributed by atoms with van der Waals surface area (Å²) in [7, 11) is 0. The molecular weight excluding hydrogens is 284 g/mol. The van der Waals surface area contributed by atoms with Gasteiger partial charge in [-0.15, -0.1) is 0 Å². The minimum atomic E-state index is -0.424. The Morgan fingerprint density at radius 3 is 2.82 bits per heavy atom. The molecule has 0 radical (unpaired) electrons. The van der Waals surface area contributed by atoms with E-state index in [0.29, 0.717) is 11.3 Å². The molecule has 3 nitrogen and oxygen atoms in total. The van der Waals surface area contributed by atoms with Crippen molar-refractivity contribution in [2.75, 3.05) is 0 Å². The lowest BCUT2D eigenvalue weighted by Crippen LogP contribution is -2.34. The van der Waals surface area contributed by atoms with Crippen molar-refractivity contribution in [3.8, 4) is 5.75 Å². The first-order valence-corrected chi connectivity index (χ1v) is 6.59. The van der Waals surface area contributed by atoms with Crippen LogP contribution >= 0.6 is 15.9 Å². The summed E-state index contributed by atoms with van der Waals surface area (Å²) in [4.78, 5) is 10.9. The lowest BCUT2D eigenvalue weighted by atomic mass is 9.95. The molecule has 17 heavy (non-hydrogen) atoms. The molecule has 4 heteroatoms. The lowest BCUT2D eigenvalue weighted by molar-refractivity contribution is 0.00657. The normalized spacial score (nSPS) is 24.4. The van der Waals surface area contributed by atoms with Crippen molar-refractivity contribution in [2.24, 2.45) is 0 Å². The first-order valence-electron chi connectivity index (χ1n) is 5.80. The molecule has 0 amide bonds. The van der Waals surface area contributed by atoms with Crippen LogP contribution in [0.25, 0.3) is 0 Å². The first kappa shape index (κ1) is 12.6. The van der Waals surface area contributed by atoms with E-state index in [-0.39, 0.29) is 6.10 Å². The van der Waals surface area contributed by atoms with E-state index >= 15 is 0 Å². The van der Waals surface area contributed by atoms with Crippen molar-refractivity contribution in [1.29, 1.82) is 0 Å². The van der Waals surface area contributed by atoms with Gasteiger partial charge in [0.05, 0.1) is 11.7 Å². The van der Waals surface area contributed by atoms with Crippen molar-refractivity contribution in [3.05, 3.63) is 28.2 Å². The number of aliphatic hydroxyl groups is 1. The van der Waals surface area contributed by atoms with Gasteiger partial charge in [0.25, 0.3) is 0 Å². The Kier molecular flexibility index (Phi) is 4.18. The zero-order valence-electron chi connectivity index (χ0n) is 9.43. The number of halogens is 1. The smallest absolute Gasteiger partial charge is 0.153 e. The maximum absolute atomic E-state index is 10.9. The summed E-state index contributed by atoms with van der Waals surface area (Å²) >= 11 is 3.31. The van der Waals surface area contributed by atoms with E-state index in [4.69, 9.17) is 4.74 Å². The molecule has 2 rings (SSSR count). The van der Waals surface area contributed by atoms with Gasteiger partial charge in [-0.3, -0.25) is 4.79 Å². The average Bonchev–Trinajstić information content (AvgIpc) is 2.34. The number of aliphatic hydroxyl groups excluding tert-OH is 1. The average molecular weight is 299 g/mol. The number of carbonyl (C=O) groups is 1. The van der Waals surface area contributed by atoms with E-state index in [1.54, 1.807) is 12.1 Å². The number of carbonyl (C=O) groups excluding carboxylic acids is 1. The Hall–Kier alpha value is -0.870. The van der Waals surface area contributed by atoms with E-state index in [1.807, 2.05) is 6.07 Å². The molecule has 0 saturated heterocycles. The van der Waals surface area contributed by atoms with Crippen LogP contribution in [0.5, 0.6) is 5.75 Å². The number of benzene rings is 1. The van der Waals surface area contributed by atoms with Gasteiger partial charge >= 0.3 is 0 Å². The molecule has 2 atom stereocenters. The molecule has 1 aliphatic rings. The molecule has 1 N–H and O–H groups in total. The van der Waals surface area contributed by atoms with Gasteiger partial charge in [-0.05, 0) is 37.5 Å². The minimum absolute atomic E-state index is 0.191. The van der Waals surface area contributed by atoms with Crippen LogP contribution in [-0.2, 0) is 0 Å². The van der Waals surface area contributed by atoms with Crippen molar-refractivity contribution < 1.29 is 14.6 Å². The van der Waals surface area contributed by atoms with Crippen molar-refractivity contribution in [1.82, 2.24) is 0 Å². The monoisotopic (exact) mass is 298 g/mol. The second kappa shape index (κ2) is 5.65. The van der Waals surface area contributed by atoms with Crippen molar-refractivity contribution in [3.63, 3.8) is 0 Å². The van der Waals surface area contributed by atoms with Gasteiger partial charge in [0.2, 0.25) is 0 Å². The van der Waals surface area contributed by atoms with Crippen LogP contribution < -0.4 is 4.74 Å². The number of hydrogen-bond donors (Lipinski definition) is 1. The minimum Gasteiger partial charge on any atom is -0.487 e. The van der Waals surface area contributed by atoms with Gasteiger partial charge in [-0.2, -0.15) is 0 Å². The Labute approximate surface area is 109 Å². The zero-order chi connectivity index (χ0) is 12.3. The molecule has 1 aromatic rings. The second-order valence-electron chi connectivity index (χ2n) is 4.31. The van der Waals surface area contributed by atoms with Gasteiger partial charge in [-0.25, -0.2) is 0 Å². The molecule has 92 valence electrons. The van der Waals surface area contributed by atoms with Gasteiger partial charge in [0, 0.05) is 4.47 Å². The highest BCUT2D eigenvalue weighted by Gasteiger charge is 2.25. The second-order valence-corrected chi connectivity index (χ2v) is 5.22. The topological polar surface area (TPSA) is 46.5 Å². The molecule has 0 aliphatic heterocycles. The maximum Gasteiger partial charge on any atom is 0.153 e. The number of rotatable bonds is 3. The highest BCUT2D eigenvalue weighted by Crippen LogP contribution is 2.27. The van der Waals surface area contributed by atoms with E-state index in [1.165, 1.54) is 0 Å².